The lowest BCUT2D eigenvalue weighted by molar-refractivity contribution is 0.765. The molecular weight excluding hydrogens is 119 g/mol. The van der Waals surface area contributed by atoms with E-state index in [0.717, 1.165) is 18.3 Å². The minimum Gasteiger partial charge on any atom is -0.104 e. The summed E-state index contributed by atoms with van der Waals surface area (Å²) in [5, 5.41) is 0. The smallest absolute Gasteiger partial charge is 0.104 e. The van der Waals surface area contributed by atoms with E-state index in [9.17, 15) is 0 Å². The lowest BCUT2D eigenvalue weighted by atomic mass is 9.36. The van der Waals surface area contributed by atoms with Gasteiger partial charge in [0.15, 0.2) is 0 Å². The first kappa shape index (κ1) is 7.91. The molecule has 10 heavy (non-hydrogen) atoms. The zero-order valence-electron chi connectivity index (χ0n) is 7.14. The highest BCUT2D eigenvalue weighted by molar-refractivity contribution is 6.63. The van der Waals surface area contributed by atoms with Crippen molar-refractivity contribution in [1.29, 1.82) is 0 Å². The maximum Gasteiger partial charge on any atom is 0.149 e. The van der Waals surface area contributed by atoms with E-state index in [-0.39, 0.29) is 0 Å². The van der Waals surface area contributed by atoms with E-state index < -0.39 is 0 Å². The fourth-order valence-corrected chi connectivity index (χ4v) is 2.17. The van der Waals surface area contributed by atoms with Crippen LogP contribution in [0.25, 0.3) is 0 Å². The quantitative estimate of drug-likeness (QED) is 0.403. The van der Waals surface area contributed by atoms with Gasteiger partial charge in [0.2, 0.25) is 0 Å². The maximum absolute atomic E-state index is 3.79. The van der Waals surface area contributed by atoms with E-state index in [1.807, 2.05) is 0 Å². The monoisotopic (exact) mass is 136 g/mol. The van der Waals surface area contributed by atoms with Crippen LogP contribution in [0.15, 0.2) is 12.7 Å². The molecule has 0 spiro atoms. The van der Waals surface area contributed by atoms with Crippen LogP contribution in [0.3, 0.4) is 0 Å². The van der Waals surface area contributed by atoms with Gasteiger partial charge in [-0.1, -0.05) is 50.7 Å². The van der Waals surface area contributed by atoms with Crippen molar-refractivity contribution in [3.8, 4) is 0 Å². The second kappa shape index (κ2) is 3.27. The van der Waals surface area contributed by atoms with E-state index in [2.05, 4.69) is 26.5 Å². The Morgan fingerprint density at radius 3 is 2.30 bits per heavy atom. The van der Waals surface area contributed by atoms with Crippen LogP contribution in [0.1, 0.15) is 26.7 Å². The SMILES string of the molecule is C=CCB1[C@H](C)CC[C@H]1C. The summed E-state index contributed by atoms with van der Waals surface area (Å²) in [4.78, 5) is 0. The second-order valence-corrected chi connectivity index (χ2v) is 3.72. The Hall–Kier alpha value is -0.195. The molecule has 1 fully saturated rings. The fourth-order valence-electron chi connectivity index (χ4n) is 2.17. The Morgan fingerprint density at radius 1 is 1.40 bits per heavy atom. The first-order chi connectivity index (χ1) is 4.75. The van der Waals surface area contributed by atoms with Gasteiger partial charge in [-0.05, 0) is 0 Å². The average Bonchev–Trinajstić information content (AvgIpc) is 2.20. The van der Waals surface area contributed by atoms with Crippen molar-refractivity contribution in [2.24, 2.45) is 0 Å². The van der Waals surface area contributed by atoms with Crippen LogP contribution in [0.5, 0.6) is 0 Å². The lowest BCUT2D eigenvalue weighted by Crippen LogP contribution is -2.15. The topological polar surface area (TPSA) is 0 Å². The molecule has 0 saturated carbocycles. The van der Waals surface area contributed by atoms with Crippen LogP contribution in [-0.4, -0.2) is 6.71 Å². The van der Waals surface area contributed by atoms with Crippen molar-refractivity contribution >= 4 is 6.71 Å². The summed E-state index contributed by atoms with van der Waals surface area (Å²) in [7, 11) is 0. The molecule has 1 aliphatic heterocycles. The number of allylic oxidation sites excluding steroid dienone is 1. The standard InChI is InChI=1S/C9H17B/c1-4-7-10-8(2)5-6-9(10)3/h4,8-9H,1,5-7H2,2-3H3/t8-,9-/m1/s1. The summed E-state index contributed by atoms with van der Waals surface area (Å²) >= 11 is 0. The van der Waals surface area contributed by atoms with Gasteiger partial charge < -0.3 is 0 Å². The van der Waals surface area contributed by atoms with Gasteiger partial charge >= 0.3 is 0 Å². The van der Waals surface area contributed by atoms with Crippen LogP contribution in [-0.2, 0) is 0 Å². The van der Waals surface area contributed by atoms with E-state index in [1.54, 1.807) is 0 Å². The van der Waals surface area contributed by atoms with Crippen LogP contribution in [0, 0.1) is 0 Å². The van der Waals surface area contributed by atoms with Crippen molar-refractivity contribution < 1.29 is 0 Å². The molecule has 1 rings (SSSR count). The fraction of sp³-hybridized carbons (Fsp3) is 0.778. The predicted octanol–water partition coefficient (Wildman–Crippen LogP) is 3.24. The highest BCUT2D eigenvalue weighted by atomic mass is 14.1. The van der Waals surface area contributed by atoms with Crippen molar-refractivity contribution in [3.63, 3.8) is 0 Å². The van der Waals surface area contributed by atoms with Crippen LogP contribution in [0.2, 0.25) is 18.0 Å². The van der Waals surface area contributed by atoms with E-state index in [1.165, 1.54) is 19.2 Å². The molecule has 0 unspecified atom stereocenters. The van der Waals surface area contributed by atoms with Crippen LogP contribution in [0.4, 0.5) is 0 Å². The van der Waals surface area contributed by atoms with Gasteiger partial charge in [0.1, 0.15) is 6.71 Å². The van der Waals surface area contributed by atoms with Crippen LogP contribution < -0.4 is 0 Å². The molecule has 0 aromatic heterocycles. The maximum atomic E-state index is 3.79. The average molecular weight is 136 g/mol. The first-order valence-electron chi connectivity index (χ1n) is 4.36. The normalized spacial score (nSPS) is 32.8. The summed E-state index contributed by atoms with van der Waals surface area (Å²) in [6.07, 6.45) is 6.16. The van der Waals surface area contributed by atoms with Crippen molar-refractivity contribution in [2.45, 2.75) is 44.6 Å². The highest BCUT2D eigenvalue weighted by Crippen LogP contribution is 2.39. The molecule has 0 amide bonds. The zero-order chi connectivity index (χ0) is 7.56. The molecule has 2 atom stereocenters. The molecule has 0 N–H and O–H groups in total. The third kappa shape index (κ3) is 1.45. The summed E-state index contributed by atoms with van der Waals surface area (Å²) in [5.74, 6) is 1.88. The molecular formula is C9H17B. The van der Waals surface area contributed by atoms with E-state index >= 15 is 0 Å². The molecule has 0 bridgehead atoms. The summed E-state index contributed by atoms with van der Waals surface area (Å²) in [6, 6.07) is 0. The van der Waals surface area contributed by atoms with Gasteiger partial charge in [-0.2, -0.15) is 0 Å². The highest BCUT2D eigenvalue weighted by Gasteiger charge is 2.31. The van der Waals surface area contributed by atoms with E-state index in [4.69, 9.17) is 0 Å². The van der Waals surface area contributed by atoms with Gasteiger partial charge in [0.05, 0.1) is 0 Å². The molecule has 0 nitrogen and oxygen atoms in total. The largest absolute Gasteiger partial charge is 0.149 e. The minimum atomic E-state index is 0.928. The Morgan fingerprint density at radius 2 is 1.90 bits per heavy atom. The van der Waals surface area contributed by atoms with Crippen molar-refractivity contribution in [3.05, 3.63) is 12.7 Å². The van der Waals surface area contributed by atoms with Gasteiger partial charge in [0, 0.05) is 0 Å². The van der Waals surface area contributed by atoms with Crippen molar-refractivity contribution in [2.75, 3.05) is 0 Å². The summed E-state index contributed by atoms with van der Waals surface area (Å²) in [5.41, 5.74) is 0. The first-order valence-corrected chi connectivity index (χ1v) is 4.36. The molecule has 0 aromatic rings. The van der Waals surface area contributed by atoms with Crippen molar-refractivity contribution in [1.82, 2.24) is 0 Å². The van der Waals surface area contributed by atoms with Gasteiger partial charge in [-0.25, -0.2) is 0 Å². The Labute approximate surface area is 64.8 Å². The molecule has 0 aliphatic carbocycles. The molecule has 56 valence electrons. The molecule has 0 radical (unpaired) electrons. The third-order valence-corrected chi connectivity index (χ3v) is 2.98. The third-order valence-electron chi connectivity index (χ3n) is 2.98. The zero-order valence-corrected chi connectivity index (χ0v) is 7.14. The van der Waals surface area contributed by atoms with Crippen LogP contribution >= 0.6 is 0 Å². The Kier molecular flexibility index (Phi) is 2.59. The van der Waals surface area contributed by atoms with Gasteiger partial charge in [-0.15, -0.1) is 6.58 Å². The Bertz CT molecular complexity index is 110. The van der Waals surface area contributed by atoms with E-state index in [0.29, 0.717) is 0 Å². The summed E-state index contributed by atoms with van der Waals surface area (Å²) < 4.78 is 0. The number of hydrogen-bond acceptors (Lipinski definition) is 0. The molecule has 1 saturated heterocycles. The number of rotatable bonds is 2. The molecule has 1 aliphatic rings. The predicted molar refractivity (Wildman–Crippen MR) is 48.8 cm³/mol. The van der Waals surface area contributed by atoms with Gasteiger partial charge in [-0.3, -0.25) is 0 Å². The minimum absolute atomic E-state index is 0.928. The lowest BCUT2D eigenvalue weighted by Gasteiger charge is -2.12. The summed E-state index contributed by atoms with van der Waals surface area (Å²) in [6.45, 7) is 9.47. The molecule has 0 aromatic carbocycles. The second-order valence-electron chi connectivity index (χ2n) is 3.72. The Balaban J connectivity index is 2.45. The number of hydrogen-bond donors (Lipinski definition) is 0. The molecule has 1 heterocycles. The molecule has 1 heteroatoms. The van der Waals surface area contributed by atoms with Gasteiger partial charge in [0.25, 0.3) is 0 Å².